The summed E-state index contributed by atoms with van der Waals surface area (Å²) in [6, 6.07) is 7.62. The zero-order chi connectivity index (χ0) is 19.1. The average Bonchev–Trinajstić information content (AvgIpc) is 3.23. The van der Waals surface area contributed by atoms with E-state index in [1.165, 1.54) is 11.3 Å². The van der Waals surface area contributed by atoms with E-state index in [0.29, 0.717) is 22.8 Å². The molecule has 2 N–H and O–H groups in total. The molecule has 0 radical (unpaired) electrons. The van der Waals surface area contributed by atoms with E-state index in [-0.39, 0.29) is 24.9 Å². The van der Waals surface area contributed by atoms with Crippen LogP contribution in [0.25, 0.3) is 0 Å². The number of fused-ring (bicyclic) bond motifs is 2. The van der Waals surface area contributed by atoms with Gasteiger partial charge in [-0.25, -0.2) is 4.79 Å². The molecule has 138 valence electrons. The maximum absolute atomic E-state index is 12.4. The molecule has 0 aliphatic carbocycles. The molecule has 3 heterocycles. The quantitative estimate of drug-likeness (QED) is 0.811. The number of hydrogen-bond donors (Lipinski definition) is 1. The van der Waals surface area contributed by atoms with E-state index in [4.69, 9.17) is 24.7 Å². The summed E-state index contributed by atoms with van der Waals surface area (Å²) in [5.74, 6) is 0.669. The van der Waals surface area contributed by atoms with Gasteiger partial charge in [-0.1, -0.05) is 6.07 Å². The molecule has 0 bridgehead atoms. The van der Waals surface area contributed by atoms with Crippen LogP contribution >= 0.6 is 11.3 Å². The second-order valence-electron chi connectivity index (χ2n) is 5.98. The summed E-state index contributed by atoms with van der Waals surface area (Å²) >= 11 is 1.39. The number of allylic oxidation sites excluding steroid dienone is 1. The summed E-state index contributed by atoms with van der Waals surface area (Å²) in [6.07, 6.45) is 0. The third-order valence-corrected chi connectivity index (χ3v) is 5.58. The Bertz CT molecular complexity index is 1020. The highest BCUT2D eigenvalue weighted by Crippen LogP contribution is 2.50. The van der Waals surface area contributed by atoms with Crippen LogP contribution in [0.5, 0.6) is 17.2 Å². The number of carbonyl (C=O) groups excluding carboxylic acids is 1. The number of esters is 1. The molecule has 1 aromatic carbocycles. The van der Waals surface area contributed by atoms with Crippen LogP contribution in [-0.4, -0.2) is 19.4 Å². The second kappa shape index (κ2) is 6.52. The van der Waals surface area contributed by atoms with Gasteiger partial charge in [-0.3, -0.25) is 0 Å². The van der Waals surface area contributed by atoms with Crippen LogP contribution in [0, 0.1) is 18.3 Å². The van der Waals surface area contributed by atoms with Crippen LogP contribution in [0.2, 0.25) is 0 Å². The monoisotopic (exact) mass is 384 g/mol. The summed E-state index contributed by atoms with van der Waals surface area (Å²) in [5, 5.41) is 9.67. The summed E-state index contributed by atoms with van der Waals surface area (Å²) in [7, 11) is 0. The van der Waals surface area contributed by atoms with Crippen molar-refractivity contribution in [2.24, 2.45) is 5.73 Å². The van der Waals surface area contributed by atoms with Gasteiger partial charge in [-0.15, -0.1) is 11.3 Å². The Morgan fingerprint density at radius 1 is 1.41 bits per heavy atom. The molecule has 2 aliphatic rings. The van der Waals surface area contributed by atoms with E-state index in [1.807, 2.05) is 19.1 Å². The van der Waals surface area contributed by atoms with Crippen molar-refractivity contribution in [3.63, 3.8) is 0 Å². The van der Waals surface area contributed by atoms with Gasteiger partial charge in [0.15, 0.2) is 17.2 Å². The fourth-order valence-electron chi connectivity index (χ4n) is 3.25. The van der Waals surface area contributed by atoms with Crippen molar-refractivity contribution in [1.82, 2.24) is 0 Å². The Labute approximate surface area is 159 Å². The summed E-state index contributed by atoms with van der Waals surface area (Å²) in [6.45, 7) is 3.97. The largest absolute Gasteiger partial charge is 0.462 e. The minimum absolute atomic E-state index is 0.0176. The molecule has 1 atom stereocenters. The highest BCUT2D eigenvalue weighted by Gasteiger charge is 2.37. The fourth-order valence-corrected chi connectivity index (χ4v) is 4.46. The Morgan fingerprint density at radius 3 is 2.93 bits per heavy atom. The molecule has 0 spiro atoms. The first-order valence-corrected chi connectivity index (χ1v) is 9.14. The minimum atomic E-state index is -0.467. The molecule has 0 saturated carbocycles. The van der Waals surface area contributed by atoms with Gasteiger partial charge in [-0.05, 0) is 31.5 Å². The molecule has 0 unspecified atom stereocenters. The van der Waals surface area contributed by atoms with Crippen molar-refractivity contribution in [3.05, 3.63) is 50.5 Å². The molecular formula is C19H16N2O5S. The Kier molecular flexibility index (Phi) is 4.16. The maximum Gasteiger partial charge on any atom is 0.343 e. The van der Waals surface area contributed by atoms with E-state index >= 15 is 0 Å². The predicted molar refractivity (Wildman–Crippen MR) is 96.9 cm³/mol. The molecule has 27 heavy (non-hydrogen) atoms. The van der Waals surface area contributed by atoms with Gasteiger partial charge in [0.2, 0.25) is 12.7 Å². The van der Waals surface area contributed by atoms with Crippen molar-refractivity contribution in [2.45, 2.75) is 19.8 Å². The third-order valence-electron chi connectivity index (χ3n) is 4.42. The molecule has 0 amide bonds. The van der Waals surface area contributed by atoms with E-state index < -0.39 is 11.9 Å². The molecule has 8 heteroatoms. The number of nitrogens with zero attached hydrogens (tertiary/aromatic N) is 1. The zero-order valence-electron chi connectivity index (χ0n) is 14.7. The van der Waals surface area contributed by atoms with Gasteiger partial charge in [0.25, 0.3) is 0 Å². The van der Waals surface area contributed by atoms with Crippen LogP contribution in [0.4, 0.5) is 0 Å². The zero-order valence-corrected chi connectivity index (χ0v) is 15.5. The SMILES string of the molecule is CCOC(=O)c1c(C)sc2c1OC(N)=C(C#N)[C@H]2c1ccc2c(c1)OCO2. The molecular weight excluding hydrogens is 368 g/mol. The van der Waals surface area contributed by atoms with Gasteiger partial charge >= 0.3 is 5.97 Å². The first-order valence-electron chi connectivity index (χ1n) is 8.32. The molecule has 2 aromatic rings. The highest BCUT2D eigenvalue weighted by atomic mass is 32.1. The van der Waals surface area contributed by atoms with Crippen LogP contribution < -0.4 is 19.9 Å². The number of carbonyl (C=O) groups is 1. The highest BCUT2D eigenvalue weighted by molar-refractivity contribution is 7.12. The molecule has 0 fully saturated rings. The van der Waals surface area contributed by atoms with Gasteiger partial charge in [0, 0.05) is 4.88 Å². The fraction of sp³-hybridized carbons (Fsp3) is 0.263. The Morgan fingerprint density at radius 2 is 2.19 bits per heavy atom. The smallest absolute Gasteiger partial charge is 0.343 e. The van der Waals surface area contributed by atoms with Crippen LogP contribution in [0.15, 0.2) is 29.7 Å². The number of nitrogens with two attached hydrogens (primary N) is 1. The lowest BCUT2D eigenvalue weighted by Crippen LogP contribution is -2.21. The first-order chi connectivity index (χ1) is 13.0. The second-order valence-corrected chi connectivity index (χ2v) is 7.24. The first kappa shape index (κ1) is 17.2. The van der Waals surface area contributed by atoms with Gasteiger partial charge < -0.3 is 24.7 Å². The Balaban J connectivity index is 1.88. The molecule has 4 rings (SSSR count). The van der Waals surface area contributed by atoms with Gasteiger partial charge in [0.1, 0.15) is 17.2 Å². The third kappa shape index (κ3) is 2.67. The summed E-state index contributed by atoms with van der Waals surface area (Å²) < 4.78 is 21.7. The lowest BCUT2D eigenvalue weighted by molar-refractivity contribution is 0.0522. The van der Waals surface area contributed by atoms with E-state index in [2.05, 4.69) is 6.07 Å². The number of ether oxygens (including phenoxy) is 4. The molecule has 1 aromatic heterocycles. The van der Waals surface area contributed by atoms with E-state index in [0.717, 1.165) is 15.3 Å². The van der Waals surface area contributed by atoms with E-state index in [9.17, 15) is 10.1 Å². The van der Waals surface area contributed by atoms with Crippen molar-refractivity contribution in [3.8, 4) is 23.3 Å². The van der Waals surface area contributed by atoms with Crippen LogP contribution in [0.1, 0.15) is 38.5 Å². The lowest BCUT2D eigenvalue weighted by atomic mass is 9.88. The summed E-state index contributed by atoms with van der Waals surface area (Å²) in [4.78, 5) is 13.9. The van der Waals surface area contributed by atoms with Crippen molar-refractivity contribution < 1.29 is 23.7 Å². The summed E-state index contributed by atoms with van der Waals surface area (Å²) in [5.41, 5.74) is 7.47. The normalized spacial score (nSPS) is 17.1. The lowest BCUT2D eigenvalue weighted by Gasteiger charge is -2.24. The number of thiophene rings is 1. The Hall–Kier alpha value is -3.18. The molecule has 2 aliphatic heterocycles. The van der Waals surface area contributed by atoms with Gasteiger partial charge in [0.05, 0.1) is 17.4 Å². The van der Waals surface area contributed by atoms with Gasteiger partial charge in [-0.2, -0.15) is 5.26 Å². The topological polar surface area (TPSA) is 104 Å². The number of benzene rings is 1. The van der Waals surface area contributed by atoms with Crippen LogP contribution in [0.3, 0.4) is 0 Å². The van der Waals surface area contributed by atoms with Crippen molar-refractivity contribution >= 4 is 17.3 Å². The number of nitriles is 1. The average molecular weight is 384 g/mol. The van der Waals surface area contributed by atoms with Crippen molar-refractivity contribution in [1.29, 1.82) is 5.26 Å². The maximum atomic E-state index is 12.4. The van der Waals surface area contributed by atoms with E-state index in [1.54, 1.807) is 13.0 Å². The molecule has 7 nitrogen and oxygen atoms in total. The van der Waals surface area contributed by atoms with Crippen molar-refractivity contribution in [2.75, 3.05) is 13.4 Å². The number of hydrogen-bond acceptors (Lipinski definition) is 8. The predicted octanol–water partition coefficient (Wildman–Crippen LogP) is 3.18. The minimum Gasteiger partial charge on any atom is -0.462 e. The standard InChI is InChI=1S/C19H16N2O5S/c1-3-23-19(22)14-9(2)27-17-15(11(7-20)18(21)26-16(14)17)10-4-5-12-13(6-10)25-8-24-12/h4-6,15H,3,8,21H2,1-2H3/t15-/m1/s1. The molecule has 0 saturated heterocycles. The number of aryl methyl sites for hydroxylation is 1. The van der Waals surface area contributed by atoms with Crippen LogP contribution in [-0.2, 0) is 4.74 Å². The number of rotatable bonds is 3.